The summed E-state index contributed by atoms with van der Waals surface area (Å²) in [5.74, 6) is 0.831. The summed E-state index contributed by atoms with van der Waals surface area (Å²) in [7, 11) is 1.55. The molecule has 0 atom stereocenters. The van der Waals surface area contributed by atoms with Crippen LogP contribution < -0.4 is 14.8 Å². The lowest BCUT2D eigenvalue weighted by molar-refractivity contribution is 0.102. The highest BCUT2D eigenvalue weighted by molar-refractivity contribution is 9.10. The number of nitrogens with one attached hydrogen (secondary N) is 1. The first kappa shape index (κ1) is 16.6. The zero-order valence-electron chi connectivity index (χ0n) is 12.2. The second-order valence-corrected chi connectivity index (χ2v) is 5.67. The van der Waals surface area contributed by atoms with E-state index >= 15 is 0 Å². The topological polar surface area (TPSA) is 47.6 Å². The Morgan fingerprint density at radius 3 is 2.55 bits per heavy atom. The van der Waals surface area contributed by atoms with Gasteiger partial charge in [0, 0.05) is 16.3 Å². The number of hydrogen-bond donors (Lipinski definition) is 1. The second kappa shape index (κ2) is 7.51. The Morgan fingerprint density at radius 2 is 1.95 bits per heavy atom. The number of rotatable bonds is 5. The normalized spacial score (nSPS) is 10.2. The first-order valence-corrected chi connectivity index (χ1v) is 7.79. The third-order valence-corrected chi connectivity index (χ3v) is 3.72. The van der Waals surface area contributed by atoms with Gasteiger partial charge in [-0.15, -0.1) is 0 Å². The molecule has 0 aliphatic carbocycles. The molecule has 2 aromatic carbocycles. The largest absolute Gasteiger partial charge is 0.492 e. The van der Waals surface area contributed by atoms with Crippen LogP contribution in [0.2, 0.25) is 5.02 Å². The van der Waals surface area contributed by atoms with Crippen molar-refractivity contribution >= 4 is 39.1 Å². The molecule has 1 N–H and O–H groups in total. The van der Waals surface area contributed by atoms with Gasteiger partial charge in [0.15, 0.2) is 11.5 Å². The second-order valence-electron chi connectivity index (χ2n) is 4.38. The van der Waals surface area contributed by atoms with Crippen molar-refractivity contribution < 1.29 is 14.3 Å². The summed E-state index contributed by atoms with van der Waals surface area (Å²) < 4.78 is 11.4. The standard InChI is InChI=1S/C16H15BrClNO3/c1-3-22-14-9-10(8-13(17)15(14)21-2)16(20)19-12-6-4-11(18)5-7-12/h4-9H,3H2,1-2H3,(H,19,20). The van der Waals surface area contributed by atoms with Crippen LogP contribution in [0.3, 0.4) is 0 Å². The summed E-state index contributed by atoms with van der Waals surface area (Å²) >= 11 is 9.21. The summed E-state index contributed by atoms with van der Waals surface area (Å²) in [5.41, 5.74) is 1.13. The number of methoxy groups -OCH3 is 1. The molecule has 0 aliphatic rings. The van der Waals surface area contributed by atoms with Crippen LogP contribution in [0.1, 0.15) is 17.3 Å². The zero-order chi connectivity index (χ0) is 16.1. The van der Waals surface area contributed by atoms with Crippen LogP contribution in [0.25, 0.3) is 0 Å². The molecule has 0 aliphatic heterocycles. The van der Waals surface area contributed by atoms with Crippen molar-refractivity contribution in [2.24, 2.45) is 0 Å². The summed E-state index contributed by atoms with van der Waals surface area (Å²) in [6.07, 6.45) is 0. The van der Waals surface area contributed by atoms with Crippen molar-refractivity contribution in [3.8, 4) is 11.5 Å². The van der Waals surface area contributed by atoms with Crippen LogP contribution in [0.15, 0.2) is 40.9 Å². The highest BCUT2D eigenvalue weighted by atomic mass is 79.9. The molecule has 1 amide bonds. The van der Waals surface area contributed by atoms with Gasteiger partial charge in [0.1, 0.15) is 0 Å². The average molecular weight is 385 g/mol. The monoisotopic (exact) mass is 383 g/mol. The lowest BCUT2D eigenvalue weighted by atomic mass is 10.2. The van der Waals surface area contributed by atoms with Gasteiger partial charge in [-0.3, -0.25) is 4.79 Å². The van der Waals surface area contributed by atoms with Crippen LogP contribution in [0.5, 0.6) is 11.5 Å². The van der Waals surface area contributed by atoms with Gasteiger partial charge >= 0.3 is 0 Å². The van der Waals surface area contributed by atoms with Gasteiger partial charge in [-0.25, -0.2) is 0 Å². The molecule has 0 unspecified atom stereocenters. The van der Waals surface area contributed by atoms with E-state index in [0.717, 1.165) is 0 Å². The molecule has 0 fully saturated rings. The summed E-state index contributed by atoms with van der Waals surface area (Å²) in [4.78, 5) is 12.3. The predicted octanol–water partition coefficient (Wildman–Crippen LogP) is 4.76. The lowest BCUT2D eigenvalue weighted by Gasteiger charge is -2.13. The fourth-order valence-electron chi connectivity index (χ4n) is 1.90. The van der Waals surface area contributed by atoms with Crippen molar-refractivity contribution in [2.45, 2.75) is 6.92 Å². The zero-order valence-corrected chi connectivity index (χ0v) is 14.5. The number of carbonyl (C=O) groups is 1. The van der Waals surface area contributed by atoms with Gasteiger partial charge in [0.05, 0.1) is 18.2 Å². The molecule has 0 bridgehead atoms. The highest BCUT2D eigenvalue weighted by Gasteiger charge is 2.15. The number of halogens is 2. The highest BCUT2D eigenvalue weighted by Crippen LogP contribution is 2.36. The molecule has 0 spiro atoms. The minimum absolute atomic E-state index is 0.244. The third kappa shape index (κ3) is 3.93. The first-order valence-electron chi connectivity index (χ1n) is 6.62. The van der Waals surface area contributed by atoms with E-state index in [0.29, 0.717) is 38.9 Å². The van der Waals surface area contributed by atoms with Gasteiger partial charge in [-0.2, -0.15) is 0 Å². The molecule has 0 heterocycles. The van der Waals surface area contributed by atoms with Crippen LogP contribution in [-0.4, -0.2) is 19.6 Å². The Balaban J connectivity index is 2.27. The van der Waals surface area contributed by atoms with E-state index in [4.69, 9.17) is 21.1 Å². The molecule has 0 aromatic heterocycles. The molecule has 2 rings (SSSR count). The van der Waals surface area contributed by atoms with Gasteiger partial charge in [-0.1, -0.05) is 11.6 Å². The minimum atomic E-state index is -0.244. The van der Waals surface area contributed by atoms with E-state index in [-0.39, 0.29) is 5.91 Å². The summed E-state index contributed by atoms with van der Waals surface area (Å²) in [6.45, 7) is 2.35. The smallest absolute Gasteiger partial charge is 0.255 e. The Morgan fingerprint density at radius 1 is 1.27 bits per heavy atom. The molecular weight excluding hydrogens is 370 g/mol. The van der Waals surface area contributed by atoms with Gasteiger partial charge < -0.3 is 14.8 Å². The number of amides is 1. The maximum absolute atomic E-state index is 12.3. The van der Waals surface area contributed by atoms with Crippen molar-refractivity contribution in [3.63, 3.8) is 0 Å². The van der Waals surface area contributed by atoms with Gasteiger partial charge in [-0.05, 0) is 59.3 Å². The molecule has 2 aromatic rings. The number of hydrogen-bond acceptors (Lipinski definition) is 3. The molecule has 116 valence electrons. The molecular formula is C16H15BrClNO3. The van der Waals surface area contributed by atoms with E-state index in [2.05, 4.69) is 21.2 Å². The molecule has 0 saturated carbocycles. The number of benzene rings is 2. The molecule has 4 nitrogen and oxygen atoms in total. The van der Waals surface area contributed by atoms with E-state index in [1.807, 2.05) is 6.92 Å². The molecule has 0 radical (unpaired) electrons. The fourth-order valence-corrected chi connectivity index (χ4v) is 2.63. The fraction of sp³-hybridized carbons (Fsp3) is 0.188. The molecule has 0 saturated heterocycles. The number of carbonyl (C=O) groups excluding carboxylic acids is 1. The third-order valence-electron chi connectivity index (χ3n) is 2.88. The van der Waals surface area contributed by atoms with Gasteiger partial charge in [0.2, 0.25) is 0 Å². The quantitative estimate of drug-likeness (QED) is 0.808. The number of ether oxygens (including phenoxy) is 2. The Bertz CT molecular complexity index is 674. The predicted molar refractivity (Wildman–Crippen MR) is 91.3 cm³/mol. The first-order chi connectivity index (χ1) is 10.5. The minimum Gasteiger partial charge on any atom is -0.492 e. The van der Waals surface area contributed by atoms with Gasteiger partial charge in [0.25, 0.3) is 5.91 Å². The van der Waals surface area contributed by atoms with E-state index in [1.54, 1.807) is 43.5 Å². The molecule has 22 heavy (non-hydrogen) atoms. The number of anilines is 1. The Labute approximate surface area is 142 Å². The Kier molecular flexibility index (Phi) is 5.69. The average Bonchev–Trinajstić information content (AvgIpc) is 2.49. The molecule has 6 heteroatoms. The van der Waals surface area contributed by atoms with E-state index < -0.39 is 0 Å². The van der Waals surface area contributed by atoms with Crippen molar-refractivity contribution in [1.82, 2.24) is 0 Å². The van der Waals surface area contributed by atoms with E-state index in [1.165, 1.54) is 0 Å². The van der Waals surface area contributed by atoms with Crippen LogP contribution in [-0.2, 0) is 0 Å². The van der Waals surface area contributed by atoms with Crippen LogP contribution >= 0.6 is 27.5 Å². The van der Waals surface area contributed by atoms with Crippen molar-refractivity contribution in [2.75, 3.05) is 19.0 Å². The van der Waals surface area contributed by atoms with Crippen LogP contribution in [0.4, 0.5) is 5.69 Å². The maximum atomic E-state index is 12.3. The summed E-state index contributed by atoms with van der Waals surface area (Å²) in [5, 5.41) is 3.42. The van der Waals surface area contributed by atoms with Crippen molar-refractivity contribution in [1.29, 1.82) is 0 Å². The SMILES string of the molecule is CCOc1cc(C(=O)Nc2ccc(Cl)cc2)cc(Br)c1OC. The van der Waals surface area contributed by atoms with Crippen LogP contribution in [0, 0.1) is 0 Å². The summed E-state index contributed by atoms with van der Waals surface area (Å²) in [6, 6.07) is 10.2. The van der Waals surface area contributed by atoms with E-state index in [9.17, 15) is 4.79 Å². The maximum Gasteiger partial charge on any atom is 0.255 e. The Hall–Kier alpha value is -1.72. The van der Waals surface area contributed by atoms with Crippen molar-refractivity contribution in [3.05, 3.63) is 51.5 Å². The lowest BCUT2D eigenvalue weighted by Crippen LogP contribution is -2.12.